The second-order valence-corrected chi connectivity index (χ2v) is 6.33. The topological polar surface area (TPSA) is 139 Å². The van der Waals surface area contributed by atoms with Crippen LogP contribution in [-0.4, -0.2) is 37.9 Å². The minimum Gasteiger partial charge on any atom is -0.367 e. The molecule has 0 radical (unpaired) electrons. The zero-order valence-corrected chi connectivity index (χ0v) is 14.8. The third-order valence-electron chi connectivity index (χ3n) is 4.16. The fourth-order valence-corrected chi connectivity index (χ4v) is 2.67. The highest BCUT2D eigenvalue weighted by Gasteiger charge is 2.23. The van der Waals surface area contributed by atoms with Crippen LogP contribution in [0.5, 0.6) is 0 Å². The Kier molecular flexibility index (Phi) is 4.58. The zero-order valence-electron chi connectivity index (χ0n) is 14.8. The van der Waals surface area contributed by atoms with E-state index in [0.717, 1.165) is 24.3 Å². The number of pyridine rings is 1. The summed E-state index contributed by atoms with van der Waals surface area (Å²) in [5.74, 6) is 0.613. The van der Waals surface area contributed by atoms with E-state index in [1.807, 2.05) is 18.2 Å². The molecule has 5 N–H and O–H groups in total. The van der Waals surface area contributed by atoms with E-state index in [0.29, 0.717) is 29.5 Å². The van der Waals surface area contributed by atoms with Crippen molar-refractivity contribution in [3.63, 3.8) is 0 Å². The first kappa shape index (κ1) is 17.5. The third-order valence-corrected chi connectivity index (χ3v) is 4.16. The first-order valence-corrected chi connectivity index (χ1v) is 8.68. The van der Waals surface area contributed by atoms with E-state index in [2.05, 4.69) is 31.0 Å². The molecule has 3 aromatic rings. The predicted octanol–water partition coefficient (Wildman–Crippen LogP) is 1.01. The van der Waals surface area contributed by atoms with Gasteiger partial charge in [-0.05, 0) is 31.1 Å². The van der Waals surface area contributed by atoms with Crippen LogP contribution in [0.4, 0.5) is 17.3 Å². The molecule has 0 saturated heterocycles. The van der Waals surface area contributed by atoms with Crippen LogP contribution in [0.25, 0.3) is 11.7 Å². The monoisotopic (exact) mass is 378 g/mol. The lowest BCUT2D eigenvalue weighted by Gasteiger charge is -2.11. The van der Waals surface area contributed by atoms with Crippen LogP contribution >= 0.6 is 0 Å². The SMILES string of the molecule is NC(=O)/C(=C/c1cnn2c(NC3CC3)cc(Nc3ccncc3)nc12)NC=O. The highest BCUT2D eigenvalue weighted by atomic mass is 16.2. The molecule has 142 valence electrons. The molecule has 1 fully saturated rings. The van der Waals surface area contributed by atoms with E-state index in [4.69, 9.17) is 5.73 Å². The Morgan fingerprint density at radius 1 is 1.29 bits per heavy atom. The fourth-order valence-electron chi connectivity index (χ4n) is 2.67. The predicted molar refractivity (Wildman–Crippen MR) is 104 cm³/mol. The standard InChI is InChI=1S/C18H18N8O2/c19-17(28)14(21-10-27)7-11-9-22-26-16(24-12-1-2-12)8-15(25-18(11)26)23-13-3-5-20-6-4-13/h3-10,12,24H,1-2H2,(H2,19,28)(H,21,27)(H,20,23,25)/b14-7-. The van der Waals surface area contributed by atoms with Crippen molar-refractivity contribution in [2.24, 2.45) is 5.73 Å². The quantitative estimate of drug-likeness (QED) is 0.339. The van der Waals surface area contributed by atoms with E-state index < -0.39 is 5.91 Å². The molecule has 0 unspecified atom stereocenters. The Morgan fingerprint density at radius 3 is 2.75 bits per heavy atom. The number of amides is 2. The van der Waals surface area contributed by atoms with Crippen molar-refractivity contribution in [2.45, 2.75) is 18.9 Å². The summed E-state index contributed by atoms with van der Waals surface area (Å²) < 4.78 is 1.65. The Labute approximate surface area is 159 Å². The van der Waals surface area contributed by atoms with Gasteiger partial charge in [0, 0.05) is 35.8 Å². The summed E-state index contributed by atoms with van der Waals surface area (Å²) in [7, 11) is 0. The van der Waals surface area contributed by atoms with E-state index in [-0.39, 0.29) is 5.70 Å². The lowest BCUT2D eigenvalue weighted by Crippen LogP contribution is -2.24. The minimum absolute atomic E-state index is 0.0455. The van der Waals surface area contributed by atoms with Crippen molar-refractivity contribution in [2.75, 3.05) is 10.6 Å². The van der Waals surface area contributed by atoms with Crippen molar-refractivity contribution in [1.29, 1.82) is 0 Å². The van der Waals surface area contributed by atoms with Crippen LogP contribution in [0.1, 0.15) is 18.4 Å². The molecule has 1 saturated carbocycles. The third kappa shape index (κ3) is 3.75. The average Bonchev–Trinajstić information content (AvgIpc) is 3.41. The van der Waals surface area contributed by atoms with E-state index in [1.54, 1.807) is 23.1 Å². The molecule has 0 atom stereocenters. The van der Waals surface area contributed by atoms with Crippen molar-refractivity contribution < 1.29 is 9.59 Å². The van der Waals surface area contributed by atoms with Crippen molar-refractivity contribution in [3.8, 4) is 0 Å². The number of hydrogen-bond acceptors (Lipinski definition) is 7. The maximum atomic E-state index is 11.5. The van der Waals surface area contributed by atoms with Gasteiger partial charge in [-0.2, -0.15) is 9.61 Å². The van der Waals surface area contributed by atoms with Gasteiger partial charge in [-0.3, -0.25) is 14.6 Å². The van der Waals surface area contributed by atoms with Gasteiger partial charge in [0.15, 0.2) is 5.65 Å². The highest BCUT2D eigenvalue weighted by molar-refractivity contribution is 5.98. The molecule has 2 amide bonds. The summed E-state index contributed by atoms with van der Waals surface area (Å²) in [4.78, 5) is 30.9. The number of rotatable bonds is 8. The van der Waals surface area contributed by atoms with E-state index in [9.17, 15) is 9.59 Å². The number of anilines is 3. The summed E-state index contributed by atoms with van der Waals surface area (Å²) in [6.07, 6.45) is 8.96. The summed E-state index contributed by atoms with van der Waals surface area (Å²) in [5.41, 5.74) is 7.15. The van der Waals surface area contributed by atoms with Crippen LogP contribution in [0.15, 0.2) is 42.5 Å². The van der Waals surface area contributed by atoms with Crippen molar-refractivity contribution in [1.82, 2.24) is 24.9 Å². The number of nitrogens with one attached hydrogen (secondary N) is 3. The maximum absolute atomic E-state index is 11.5. The molecule has 0 spiro atoms. The van der Waals surface area contributed by atoms with Gasteiger partial charge in [-0.25, -0.2) is 4.98 Å². The van der Waals surface area contributed by atoms with Crippen LogP contribution < -0.4 is 21.7 Å². The molecule has 3 heterocycles. The van der Waals surface area contributed by atoms with Crippen LogP contribution in [0.2, 0.25) is 0 Å². The number of primary amides is 1. The number of fused-ring (bicyclic) bond motifs is 1. The maximum Gasteiger partial charge on any atom is 0.265 e. The van der Waals surface area contributed by atoms with Crippen molar-refractivity contribution in [3.05, 3.63) is 48.1 Å². The van der Waals surface area contributed by atoms with Gasteiger partial charge >= 0.3 is 0 Å². The molecular formula is C18H18N8O2. The van der Waals surface area contributed by atoms with Crippen LogP contribution in [0, 0.1) is 0 Å². The largest absolute Gasteiger partial charge is 0.367 e. The summed E-state index contributed by atoms with van der Waals surface area (Å²) in [6, 6.07) is 5.93. The van der Waals surface area contributed by atoms with Gasteiger partial charge in [-0.15, -0.1) is 0 Å². The summed E-state index contributed by atoms with van der Waals surface area (Å²) >= 11 is 0. The number of nitrogens with zero attached hydrogens (tertiary/aromatic N) is 4. The number of carbonyl (C=O) groups is 2. The van der Waals surface area contributed by atoms with Crippen LogP contribution in [0.3, 0.4) is 0 Å². The van der Waals surface area contributed by atoms with Crippen LogP contribution in [-0.2, 0) is 9.59 Å². The summed E-state index contributed by atoms with van der Waals surface area (Å²) in [6.45, 7) is 0. The van der Waals surface area contributed by atoms with Crippen molar-refractivity contribution >= 4 is 41.4 Å². The van der Waals surface area contributed by atoms with Gasteiger partial charge in [0.05, 0.1) is 6.20 Å². The highest BCUT2D eigenvalue weighted by Crippen LogP contribution is 2.28. The molecule has 0 bridgehead atoms. The Balaban J connectivity index is 1.79. The molecule has 28 heavy (non-hydrogen) atoms. The Hall–Kier alpha value is -3.95. The normalized spacial score (nSPS) is 13.9. The van der Waals surface area contributed by atoms with Gasteiger partial charge in [0.2, 0.25) is 6.41 Å². The first-order valence-electron chi connectivity index (χ1n) is 8.68. The lowest BCUT2D eigenvalue weighted by molar-refractivity contribution is -0.116. The number of nitrogens with two attached hydrogens (primary N) is 1. The van der Waals surface area contributed by atoms with Gasteiger partial charge in [0.25, 0.3) is 5.91 Å². The molecule has 0 aromatic carbocycles. The Bertz CT molecular complexity index is 1060. The van der Waals surface area contributed by atoms with E-state index >= 15 is 0 Å². The molecule has 0 aliphatic heterocycles. The second-order valence-electron chi connectivity index (χ2n) is 6.33. The molecule has 10 nitrogen and oxygen atoms in total. The summed E-state index contributed by atoms with van der Waals surface area (Å²) in [5, 5.41) is 13.3. The Morgan fingerprint density at radius 2 is 2.07 bits per heavy atom. The number of hydrogen-bond donors (Lipinski definition) is 4. The second kappa shape index (κ2) is 7.35. The van der Waals surface area contributed by atoms with Gasteiger partial charge in [-0.1, -0.05) is 0 Å². The van der Waals surface area contributed by atoms with Gasteiger partial charge < -0.3 is 21.7 Å². The molecular weight excluding hydrogens is 360 g/mol. The molecule has 4 rings (SSSR count). The smallest absolute Gasteiger partial charge is 0.265 e. The molecule has 1 aliphatic carbocycles. The fraction of sp³-hybridized carbons (Fsp3) is 0.167. The zero-order chi connectivity index (χ0) is 19.5. The molecule has 3 aromatic heterocycles. The molecule has 10 heteroatoms. The number of aromatic nitrogens is 4. The van der Waals surface area contributed by atoms with Gasteiger partial charge in [0.1, 0.15) is 17.3 Å². The average molecular weight is 378 g/mol. The first-order chi connectivity index (χ1) is 13.6. The minimum atomic E-state index is -0.756. The van der Waals surface area contributed by atoms with E-state index in [1.165, 1.54) is 6.08 Å². The number of carbonyl (C=O) groups excluding carboxylic acids is 2. The molecule has 1 aliphatic rings. The lowest BCUT2D eigenvalue weighted by atomic mass is 10.2.